The largest absolute Gasteiger partial charge is 0.332 e. The van der Waals surface area contributed by atoms with Gasteiger partial charge in [0.2, 0.25) is 0 Å². The zero-order valence-corrected chi connectivity index (χ0v) is 14.6. The van der Waals surface area contributed by atoms with Crippen molar-refractivity contribution < 1.29 is 4.79 Å². The number of hydrogen-bond acceptors (Lipinski definition) is 3. The summed E-state index contributed by atoms with van der Waals surface area (Å²) < 4.78 is 1.70. The van der Waals surface area contributed by atoms with Crippen molar-refractivity contribution in [1.82, 2.24) is 19.7 Å². The molecule has 2 heterocycles. The molecule has 124 valence electrons. The highest BCUT2D eigenvalue weighted by Crippen LogP contribution is 2.17. The van der Waals surface area contributed by atoms with E-state index in [2.05, 4.69) is 10.1 Å². The molecule has 0 bridgehead atoms. The van der Waals surface area contributed by atoms with E-state index in [4.69, 9.17) is 0 Å². The van der Waals surface area contributed by atoms with Crippen LogP contribution in [-0.4, -0.2) is 31.6 Å². The van der Waals surface area contributed by atoms with Gasteiger partial charge in [-0.2, -0.15) is 5.10 Å². The maximum absolute atomic E-state index is 13.0. The number of aromatic nitrogens is 3. The number of carbonyl (C=O) groups excluding carboxylic acids is 1. The first-order valence-corrected chi connectivity index (χ1v) is 7.71. The van der Waals surface area contributed by atoms with Gasteiger partial charge in [0.15, 0.2) is 0 Å². The minimum Gasteiger partial charge on any atom is -0.332 e. The van der Waals surface area contributed by atoms with Gasteiger partial charge in [-0.05, 0) is 45.7 Å². The van der Waals surface area contributed by atoms with Crippen molar-refractivity contribution >= 4 is 5.91 Å². The fraction of sp³-hybridized carbons (Fsp3) is 0.471. The summed E-state index contributed by atoms with van der Waals surface area (Å²) in [6.07, 6.45) is 3.61. The zero-order valence-electron chi connectivity index (χ0n) is 14.6. The first-order chi connectivity index (χ1) is 10.7. The minimum atomic E-state index is -0.326. The van der Waals surface area contributed by atoms with Gasteiger partial charge in [0.25, 0.3) is 11.5 Å². The Bertz CT molecular complexity index is 786. The molecule has 2 aromatic rings. The molecule has 2 aromatic heterocycles. The quantitative estimate of drug-likeness (QED) is 0.939. The number of pyridine rings is 1. The second-order valence-corrected chi connectivity index (χ2v) is 6.25. The molecule has 0 unspecified atom stereocenters. The van der Waals surface area contributed by atoms with Gasteiger partial charge in [-0.1, -0.05) is 0 Å². The summed E-state index contributed by atoms with van der Waals surface area (Å²) in [5.74, 6) is -0.245. The number of nitrogens with zero attached hydrogens (tertiary/aromatic N) is 3. The standard InChI is InChI=1S/C17H24N4O2/c1-10(2)21(9-14-7-18-20(6)8-14)17(23)15-12(4)11(3)13(5)19-16(15)22/h7-8,10H,9H2,1-6H3,(H,19,22). The van der Waals surface area contributed by atoms with Crippen molar-refractivity contribution in [1.29, 1.82) is 0 Å². The van der Waals surface area contributed by atoms with Crippen molar-refractivity contribution in [2.75, 3.05) is 0 Å². The Morgan fingerprint density at radius 1 is 1.30 bits per heavy atom. The maximum Gasteiger partial charge on any atom is 0.261 e. The van der Waals surface area contributed by atoms with Crippen LogP contribution in [0.4, 0.5) is 0 Å². The van der Waals surface area contributed by atoms with Gasteiger partial charge in [0.05, 0.1) is 6.20 Å². The molecule has 0 aliphatic heterocycles. The number of aromatic amines is 1. The summed E-state index contributed by atoms with van der Waals surface area (Å²) in [6, 6.07) is -0.0249. The van der Waals surface area contributed by atoms with Crippen molar-refractivity contribution in [2.24, 2.45) is 7.05 Å². The van der Waals surface area contributed by atoms with Crippen molar-refractivity contribution in [3.8, 4) is 0 Å². The number of rotatable bonds is 4. The Kier molecular flexibility index (Phi) is 4.73. The van der Waals surface area contributed by atoms with Gasteiger partial charge in [0, 0.05) is 37.1 Å². The minimum absolute atomic E-state index is 0.0249. The molecule has 0 saturated carbocycles. The lowest BCUT2D eigenvalue weighted by molar-refractivity contribution is 0.0687. The van der Waals surface area contributed by atoms with Crippen LogP contribution in [0.1, 0.15) is 46.6 Å². The smallest absolute Gasteiger partial charge is 0.261 e. The van der Waals surface area contributed by atoms with Crippen molar-refractivity contribution in [3.63, 3.8) is 0 Å². The fourth-order valence-electron chi connectivity index (χ4n) is 2.61. The van der Waals surface area contributed by atoms with Gasteiger partial charge in [0.1, 0.15) is 5.56 Å². The molecule has 0 fully saturated rings. The third-order valence-electron chi connectivity index (χ3n) is 4.24. The van der Waals surface area contributed by atoms with E-state index in [9.17, 15) is 9.59 Å². The SMILES string of the molecule is Cc1[nH]c(=O)c(C(=O)N(Cc2cnn(C)c2)C(C)C)c(C)c1C. The first kappa shape index (κ1) is 17.0. The molecule has 6 nitrogen and oxygen atoms in total. The van der Waals surface area contributed by atoms with E-state index in [-0.39, 0.29) is 23.1 Å². The van der Waals surface area contributed by atoms with Gasteiger partial charge < -0.3 is 9.88 Å². The predicted octanol–water partition coefficient (Wildman–Crippen LogP) is 2.08. The molecule has 0 atom stereocenters. The molecule has 23 heavy (non-hydrogen) atoms. The summed E-state index contributed by atoms with van der Waals surface area (Å²) in [6.45, 7) is 9.90. The van der Waals surface area contributed by atoms with E-state index in [1.54, 1.807) is 15.8 Å². The lowest BCUT2D eigenvalue weighted by atomic mass is 10.0. The molecular formula is C17H24N4O2. The highest BCUT2D eigenvalue weighted by Gasteiger charge is 2.25. The maximum atomic E-state index is 13.0. The van der Waals surface area contributed by atoms with E-state index in [1.807, 2.05) is 47.9 Å². The average Bonchev–Trinajstić information content (AvgIpc) is 2.87. The lowest BCUT2D eigenvalue weighted by Crippen LogP contribution is -2.40. The molecule has 0 aliphatic rings. The van der Waals surface area contributed by atoms with Gasteiger partial charge in [-0.3, -0.25) is 14.3 Å². The molecular weight excluding hydrogens is 292 g/mol. The van der Waals surface area contributed by atoms with Gasteiger partial charge in [-0.15, -0.1) is 0 Å². The molecule has 0 saturated heterocycles. The Morgan fingerprint density at radius 3 is 2.48 bits per heavy atom. The van der Waals surface area contributed by atoms with Crippen LogP contribution in [-0.2, 0) is 13.6 Å². The third-order valence-corrected chi connectivity index (χ3v) is 4.24. The fourth-order valence-corrected chi connectivity index (χ4v) is 2.61. The molecule has 0 radical (unpaired) electrons. The van der Waals surface area contributed by atoms with Crippen molar-refractivity contribution in [3.05, 3.63) is 50.7 Å². The van der Waals surface area contributed by atoms with Gasteiger partial charge in [-0.25, -0.2) is 0 Å². The van der Waals surface area contributed by atoms with E-state index in [1.165, 1.54) is 0 Å². The normalized spacial score (nSPS) is 11.1. The Balaban J connectivity index is 2.43. The van der Waals surface area contributed by atoms with Crippen LogP contribution in [0.25, 0.3) is 0 Å². The van der Waals surface area contributed by atoms with Crippen LogP contribution in [0.15, 0.2) is 17.2 Å². The van der Waals surface area contributed by atoms with Crippen molar-refractivity contribution in [2.45, 2.75) is 47.2 Å². The topological polar surface area (TPSA) is 71.0 Å². The summed E-state index contributed by atoms with van der Waals surface area (Å²) in [4.78, 5) is 29.8. The van der Waals surface area contributed by atoms with Crippen LogP contribution in [0.5, 0.6) is 0 Å². The van der Waals surface area contributed by atoms with Crippen LogP contribution in [0.2, 0.25) is 0 Å². The monoisotopic (exact) mass is 316 g/mol. The first-order valence-electron chi connectivity index (χ1n) is 7.71. The van der Waals surface area contributed by atoms with Crippen LogP contribution in [0.3, 0.4) is 0 Å². The predicted molar refractivity (Wildman–Crippen MR) is 89.5 cm³/mol. The summed E-state index contributed by atoms with van der Waals surface area (Å²) >= 11 is 0. The number of H-pyrrole nitrogens is 1. The number of hydrogen-bond donors (Lipinski definition) is 1. The number of aryl methyl sites for hydroxylation is 2. The number of nitrogens with one attached hydrogen (secondary N) is 1. The molecule has 0 spiro atoms. The second-order valence-electron chi connectivity index (χ2n) is 6.25. The highest BCUT2D eigenvalue weighted by molar-refractivity contribution is 5.95. The van der Waals surface area contributed by atoms with Gasteiger partial charge >= 0.3 is 0 Å². The molecule has 0 aliphatic carbocycles. The Labute approximate surface area is 136 Å². The second kappa shape index (κ2) is 6.40. The molecule has 0 aromatic carbocycles. The summed E-state index contributed by atoms with van der Waals surface area (Å²) in [5, 5.41) is 4.13. The average molecular weight is 316 g/mol. The number of carbonyl (C=O) groups is 1. The third kappa shape index (κ3) is 3.36. The van der Waals surface area contributed by atoms with E-state index in [0.717, 1.165) is 22.4 Å². The van der Waals surface area contributed by atoms with Crippen LogP contribution < -0.4 is 5.56 Å². The summed E-state index contributed by atoms with van der Waals surface area (Å²) in [5.41, 5.74) is 3.32. The van der Waals surface area contributed by atoms with E-state index < -0.39 is 0 Å². The Morgan fingerprint density at radius 2 is 1.96 bits per heavy atom. The molecule has 1 amide bonds. The van der Waals surface area contributed by atoms with E-state index >= 15 is 0 Å². The molecule has 2 rings (SSSR count). The molecule has 1 N–H and O–H groups in total. The van der Waals surface area contributed by atoms with E-state index in [0.29, 0.717) is 6.54 Å². The molecule has 6 heteroatoms. The summed E-state index contributed by atoms with van der Waals surface area (Å²) in [7, 11) is 1.84. The Hall–Kier alpha value is -2.37. The van der Waals surface area contributed by atoms with Crippen LogP contribution >= 0.6 is 0 Å². The lowest BCUT2D eigenvalue weighted by Gasteiger charge is -2.27. The van der Waals surface area contributed by atoms with Crippen LogP contribution in [0, 0.1) is 20.8 Å². The number of amides is 1. The highest BCUT2D eigenvalue weighted by atomic mass is 16.2. The zero-order chi connectivity index (χ0) is 17.3.